The van der Waals surface area contributed by atoms with Gasteiger partial charge in [-0.15, -0.1) is 0 Å². The summed E-state index contributed by atoms with van der Waals surface area (Å²) >= 11 is 0. The molecule has 0 aromatic heterocycles. The number of carbonyl (C=O) groups is 1. The lowest BCUT2D eigenvalue weighted by Crippen LogP contribution is -2.49. The van der Waals surface area contributed by atoms with Crippen molar-refractivity contribution in [2.45, 2.75) is 39.8 Å². The molecule has 7 heteroatoms. The van der Waals surface area contributed by atoms with Crippen LogP contribution in [0.15, 0.2) is 0 Å². The van der Waals surface area contributed by atoms with E-state index in [1.165, 1.54) is 7.05 Å². The van der Waals surface area contributed by atoms with Gasteiger partial charge in [0, 0.05) is 19.1 Å². The predicted molar refractivity (Wildman–Crippen MR) is 61.3 cm³/mol. The third-order valence-corrected chi connectivity index (χ3v) is 4.55. The maximum atomic E-state index is 12.0. The van der Waals surface area contributed by atoms with Crippen LogP contribution in [-0.4, -0.2) is 53.8 Å². The number of hydrogen-bond donors (Lipinski definition) is 1. The Hall–Kier alpha value is -0.660. The van der Waals surface area contributed by atoms with Crippen molar-refractivity contribution in [2.75, 3.05) is 13.6 Å². The summed E-state index contributed by atoms with van der Waals surface area (Å²) in [5, 5.41) is 8.69. The minimum Gasteiger partial charge on any atom is -0.480 e. The van der Waals surface area contributed by atoms with Crippen molar-refractivity contribution >= 4 is 16.2 Å². The van der Waals surface area contributed by atoms with Crippen LogP contribution >= 0.6 is 0 Å². The van der Waals surface area contributed by atoms with E-state index in [0.29, 0.717) is 0 Å². The second kappa shape index (κ2) is 5.60. The van der Waals surface area contributed by atoms with Gasteiger partial charge in [-0.25, -0.2) is 0 Å². The largest absolute Gasteiger partial charge is 0.480 e. The van der Waals surface area contributed by atoms with Crippen molar-refractivity contribution in [3.63, 3.8) is 0 Å². The van der Waals surface area contributed by atoms with Gasteiger partial charge in [0.15, 0.2) is 0 Å². The molecule has 0 saturated heterocycles. The van der Waals surface area contributed by atoms with E-state index < -0.39 is 22.7 Å². The van der Waals surface area contributed by atoms with E-state index in [2.05, 4.69) is 0 Å². The van der Waals surface area contributed by atoms with Crippen molar-refractivity contribution in [3.05, 3.63) is 0 Å². The van der Waals surface area contributed by atoms with Crippen LogP contribution in [0.1, 0.15) is 27.7 Å². The van der Waals surface area contributed by atoms with Crippen LogP contribution < -0.4 is 0 Å². The molecule has 0 amide bonds. The summed E-state index contributed by atoms with van der Waals surface area (Å²) in [6.07, 6.45) is 0. The van der Waals surface area contributed by atoms with Crippen LogP contribution in [-0.2, 0) is 15.0 Å². The van der Waals surface area contributed by atoms with E-state index in [9.17, 15) is 13.2 Å². The molecule has 0 aliphatic carbocycles. The van der Waals surface area contributed by atoms with Crippen LogP contribution in [0.4, 0.5) is 0 Å². The van der Waals surface area contributed by atoms with Gasteiger partial charge in [0.2, 0.25) is 0 Å². The first-order chi connectivity index (χ1) is 7.10. The van der Waals surface area contributed by atoms with Crippen molar-refractivity contribution in [2.24, 2.45) is 0 Å². The molecule has 0 saturated carbocycles. The summed E-state index contributed by atoms with van der Waals surface area (Å²) in [7, 11) is -2.27. The number of hydrogen-bond acceptors (Lipinski definition) is 3. The molecule has 0 heterocycles. The molecule has 0 aromatic carbocycles. The SMILES string of the molecule is CC(C)N(C)S(=O)(=O)N(CC(=O)O)C(C)C. The van der Waals surface area contributed by atoms with Gasteiger partial charge >= 0.3 is 5.97 Å². The van der Waals surface area contributed by atoms with Crippen LogP contribution in [0.25, 0.3) is 0 Å². The summed E-state index contributed by atoms with van der Waals surface area (Å²) in [6.45, 7) is 6.24. The molecule has 0 fully saturated rings. The lowest BCUT2D eigenvalue weighted by molar-refractivity contribution is -0.137. The highest BCUT2D eigenvalue weighted by atomic mass is 32.2. The summed E-state index contributed by atoms with van der Waals surface area (Å²) in [5.74, 6) is -1.16. The molecule has 96 valence electrons. The van der Waals surface area contributed by atoms with Crippen molar-refractivity contribution in [3.8, 4) is 0 Å². The first-order valence-corrected chi connectivity index (χ1v) is 6.47. The van der Waals surface area contributed by atoms with Crippen molar-refractivity contribution in [1.82, 2.24) is 8.61 Å². The minimum atomic E-state index is -3.71. The third-order valence-electron chi connectivity index (χ3n) is 2.25. The summed E-state index contributed by atoms with van der Waals surface area (Å²) in [6, 6.07) is -0.595. The van der Waals surface area contributed by atoms with E-state index in [-0.39, 0.29) is 12.1 Å². The van der Waals surface area contributed by atoms with Gasteiger partial charge in [0.25, 0.3) is 10.2 Å². The van der Waals surface area contributed by atoms with Crippen LogP contribution in [0.3, 0.4) is 0 Å². The minimum absolute atomic E-state index is 0.208. The monoisotopic (exact) mass is 252 g/mol. The van der Waals surface area contributed by atoms with Gasteiger partial charge in [-0.2, -0.15) is 17.0 Å². The van der Waals surface area contributed by atoms with Crippen LogP contribution in [0.2, 0.25) is 0 Å². The Morgan fingerprint density at radius 2 is 1.62 bits per heavy atom. The Bertz CT molecular complexity index is 337. The lowest BCUT2D eigenvalue weighted by atomic mass is 10.4. The molecule has 0 rings (SSSR count). The molecule has 0 bridgehead atoms. The average Bonchev–Trinajstić information content (AvgIpc) is 2.11. The zero-order valence-corrected chi connectivity index (χ0v) is 11.2. The number of aliphatic carboxylic acids is 1. The smallest absolute Gasteiger partial charge is 0.318 e. The van der Waals surface area contributed by atoms with Crippen molar-refractivity contribution in [1.29, 1.82) is 0 Å². The Morgan fingerprint density at radius 1 is 1.19 bits per heavy atom. The molecule has 0 aliphatic heterocycles. The topological polar surface area (TPSA) is 77.9 Å². The fourth-order valence-electron chi connectivity index (χ4n) is 1.10. The fourth-order valence-corrected chi connectivity index (χ4v) is 2.77. The Labute approximate surface area is 97.0 Å². The number of rotatable bonds is 6. The molecule has 0 aromatic rings. The molecule has 1 N–H and O–H groups in total. The number of carboxylic acids is 1. The van der Waals surface area contributed by atoms with Crippen molar-refractivity contribution < 1.29 is 18.3 Å². The Balaban J connectivity index is 5.13. The van der Waals surface area contributed by atoms with Gasteiger partial charge in [0.1, 0.15) is 6.54 Å². The van der Waals surface area contributed by atoms with Crippen LogP contribution in [0.5, 0.6) is 0 Å². The van der Waals surface area contributed by atoms with Gasteiger partial charge in [-0.05, 0) is 27.7 Å². The third kappa shape index (κ3) is 3.73. The fraction of sp³-hybridized carbons (Fsp3) is 0.889. The predicted octanol–water partition coefficient (Wildman–Crippen LogP) is 0.366. The number of carboxylic acid groups (broad SMARTS) is 1. The quantitative estimate of drug-likeness (QED) is 0.740. The van der Waals surface area contributed by atoms with Crippen LogP contribution in [0, 0.1) is 0 Å². The second-order valence-corrected chi connectivity index (χ2v) is 6.09. The van der Waals surface area contributed by atoms with Gasteiger partial charge in [-0.3, -0.25) is 4.79 Å². The molecular weight excluding hydrogens is 232 g/mol. The first-order valence-electron chi connectivity index (χ1n) is 5.07. The standard InChI is InChI=1S/C9H20N2O4S/c1-7(2)10(5)16(14,15)11(8(3)4)6-9(12)13/h7-8H,6H2,1-5H3,(H,12,13). The molecule has 0 aliphatic rings. The highest BCUT2D eigenvalue weighted by molar-refractivity contribution is 7.86. The first kappa shape index (κ1) is 15.3. The van der Waals surface area contributed by atoms with E-state index in [1.807, 2.05) is 0 Å². The molecule has 0 spiro atoms. The number of nitrogens with zero attached hydrogens (tertiary/aromatic N) is 2. The average molecular weight is 252 g/mol. The molecule has 6 nitrogen and oxygen atoms in total. The Morgan fingerprint density at radius 3 is 1.88 bits per heavy atom. The highest BCUT2D eigenvalue weighted by Gasteiger charge is 2.32. The zero-order chi connectivity index (χ0) is 13.1. The summed E-state index contributed by atoms with van der Waals surface area (Å²) in [4.78, 5) is 10.6. The maximum Gasteiger partial charge on any atom is 0.318 e. The maximum absolute atomic E-state index is 12.0. The molecule has 0 radical (unpaired) electrons. The van der Waals surface area contributed by atoms with Gasteiger partial charge in [0.05, 0.1) is 0 Å². The van der Waals surface area contributed by atoms with E-state index in [4.69, 9.17) is 5.11 Å². The molecular formula is C9H20N2O4S. The molecule has 0 atom stereocenters. The second-order valence-electron chi connectivity index (χ2n) is 4.15. The van der Waals surface area contributed by atoms with Gasteiger partial charge in [-0.1, -0.05) is 0 Å². The Kier molecular flexibility index (Phi) is 5.37. The zero-order valence-electron chi connectivity index (χ0n) is 10.3. The van der Waals surface area contributed by atoms with E-state index in [1.54, 1.807) is 27.7 Å². The van der Waals surface area contributed by atoms with Gasteiger partial charge < -0.3 is 5.11 Å². The molecule has 16 heavy (non-hydrogen) atoms. The summed E-state index contributed by atoms with van der Waals surface area (Å²) < 4.78 is 26.2. The van der Waals surface area contributed by atoms with E-state index in [0.717, 1.165) is 8.61 Å². The van der Waals surface area contributed by atoms with E-state index >= 15 is 0 Å². The normalized spacial score (nSPS) is 13.1. The summed E-state index contributed by atoms with van der Waals surface area (Å²) in [5.41, 5.74) is 0. The lowest BCUT2D eigenvalue weighted by Gasteiger charge is -2.31. The highest BCUT2D eigenvalue weighted by Crippen LogP contribution is 2.13. The molecule has 0 unspecified atom stereocenters.